The lowest BCUT2D eigenvalue weighted by Crippen LogP contribution is -2.17. The number of nitrogens with one attached hydrogen (secondary N) is 1. The first-order valence-corrected chi connectivity index (χ1v) is 7.03. The van der Waals surface area contributed by atoms with Crippen molar-refractivity contribution in [3.63, 3.8) is 0 Å². The molecule has 3 N–H and O–H groups in total. The number of phenolic OH excluding ortho intramolecular Hbond substituents is 2. The molecule has 2 aromatic carbocycles. The van der Waals surface area contributed by atoms with E-state index in [0.29, 0.717) is 6.42 Å². The van der Waals surface area contributed by atoms with Gasteiger partial charge in [0.25, 0.3) is 0 Å². The number of carbonyl (C=O) groups excluding carboxylic acids is 1. The van der Waals surface area contributed by atoms with Gasteiger partial charge >= 0.3 is 5.69 Å². The minimum Gasteiger partial charge on any atom is -0.507 e. The highest BCUT2D eigenvalue weighted by Gasteiger charge is 2.16. The fourth-order valence-electron chi connectivity index (χ4n) is 1.96. The van der Waals surface area contributed by atoms with Gasteiger partial charge in [0.2, 0.25) is 5.91 Å². The molecule has 0 atom stereocenters. The van der Waals surface area contributed by atoms with E-state index in [-0.39, 0.29) is 23.6 Å². The van der Waals surface area contributed by atoms with Crippen LogP contribution in [-0.4, -0.2) is 27.3 Å². The smallest absolute Gasteiger partial charge is 0.311 e. The Balaban J connectivity index is 1.95. The van der Waals surface area contributed by atoms with Gasteiger partial charge < -0.3 is 10.2 Å². The Labute approximate surface area is 137 Å². The maximum atomic E-state index is 11.7. The number of nitro benzene ring substituents is 1. The highest BCUT2D eigenvalue weighted by Crippen LogP contribution is 2.31. The molecule has 0 radical (unpaired) electrons. The monoisotopic (exact) mass is 329 g/mol. The fraction of sp³-hybridized carbons (Fsp3) is 0.125. The van der Waals surface area contributed by atoms with Gasteiger partial charge in [0, 0.05) is 24.1 Å². The first-order chi connectivity index (χ1) is 11.5. The van der Waals surface area contributed by atoms with Crippen molar-refractivity contribution in [2.24, 2.45) is 5.10 Å². The summed E-state index contributed by atoms with van der Waals surface area (Å²) in [4.78, 5) is 21.6. The van der Waals surface area contributed by atoms with E-state index in [1.165, 1.54) is 0 Å². The molecular weight excluding hydrogens is 314 g/mol. The molecule has 0 fully saturated rings. The van der Waals surface area contributed by atoms with E-state index in [1.54, 1.807) is 0 Å². The van der Waals surface area contributed by atoms with Gasteiger partial charge in [-0.25, -0.2) is 5.43 Å². The van der Waals surface area contributed by atoms with Crippen LogP contribution in [0.25, 0.3) is 0 Å². The zero-order valence-electron chi connectivity index (χ0n) is 12.5. The highest BCUT2D eigenvalue weighted by molar-refractivity contribution is 5.86. The SMILES string of the molecule is O=C(CCc1ccccc1)NN=Cc1cc([N+](=O)[O-])c(O)cc1O. The number of aromatic hydroxyl groups is 2. The number of hydrogen-bond acceptors (Lipinski definition) is 6. The largest absolute Gasteiger partial charge is 0.507 e. The predicted octanol–water partition coefficient (Wildman–Crippen LogP) is 2.09. The maximum Gasteiger partial charge on any atom is 0.311 e. The van der Waals surface area contributed by atoms with Gasteiger partial charge in [-0.2, -0.15) is 5.10 Å². The number of aryl methyl sites for hydroxylation is 1. The van der Waals surface area contributed by atoms with E-state index in [9.17, 15) is 25.1 Å². The maximum absolute atomic E-state index is 11.7. The van der Waals surface area contributed by atoms with Crippen molar-refractivity contribution in [1.82, 2.24) is 5.43 Å². The van der Waals surface area contributed by atoms with Crippen molar-refractivity contribution in [2.45, 2.75) is 12.8 Å². The molecule has 2 rings (SSSR count). The molecule has 0 bridgehead atoms. The second-order valence-electron chi connectivity index (χ2n) is 4.94. The summed E-state index contributed by atoms with van der Waals surface area (Å²) in [5.74, 6) is -1.37. The Morgan fingerprint density at radius 1 is 1.21 bits per heavy atom. The summed E-state index contributed by atoms with van der Waals surface area (Å²) in [6, 6.07) is 11.3. The molecule has 0 aromatic heterocycles. The lowest BCUT2D eigenvalue weighted by molar-refractivity contribution is -0.385. The van der Waals surface area contributed by atoms with Gasteiger partial charge in [-0.1, -0.05) is 30.3 Å². The number of nitrogens with zero attached hydrogens (tertiary/aromatic N) is 2. The van der Waals surface area contributed by atoms with Crippen LogP contribution in [0.3, 0.4) is 0 Å². The fourth-order valence-corrected chi connectivity index (χ4v) is 1.96. The third-order valence-electron chi connectivity index (χ3n) is 3.20. The van der Waals surface area contributed by atoms with Gasteiger partial charge in [0.15, 0.2) is 5.75 Å². The van der Waals surface area contributed by atoms with Gasteiger partial charge in [0.1, 0.15) is 5.75 Å². The Bertz CT molecular complexity index is 775. The van der Waals surface area contributed by atoms with Crippen LogP contribution in [0.1, 0.15) is 17.5 Å². The molecule has 8 nitrogen and oxygen atoms in total. The van der Waals surface area contributed by atoms with Crippen LogP contribution >= 0.6 is 0 Å². The van der Waals surface area contributed by atoms with Crippen LogP contribution in [0, 0.1) is 10.1 Å². The van der Waals surface area contributed by atoms with Gasteiger partial charge in [-0.05, 0) is 12.0 Å². The molecule has 0 spiro atoms. The first-order valence-electron chi connectivity index (χ1n) is 7.03. The highest BCUT2D eigenvalue weighted by atomic mass is 16.6. The average molecular weight is 329 g/mol. The van der Waals surface area contributed by atoms with Crippen LogP contribution < -0.4 is 5.43 Å². The standard InChI is InChI=1S/C16H15N3O5/c20-14-9-15(21)13(19(23)24)8-12(14)10-17-18-16(22)7-6-11-4-2-1-3-5-11/h1-5,8-10,20-21H,6-7H2,(H,18,22). The lowest BCUT2D eigenvalue weighted by atomic mass is 10.1. The molecule has 2 aromatic rings. The van der Waals surface area contributed by atoms with Gasteiger partial charge in [-0.15, -0.1) is 0 Å². The first kappa shape index (κ1) is 16.9. The molecular formula is C16H15N3O5. The van der Waals surface area contributed by atoms with Crippen molar-refractivity contribution in [2.75, 3.05) is 0 Å². The van der Waals surface area contributed by atoms with Crippen LogP contribution in [0.4, 0.5) is 5.69 Å². The minimum atomic E-state index is -0.787. The molecule has 0 unspecified atom stereocenters. The van der Waals surface area contributed by atoms with E-state index in [2.05, 4.69) is 10.5 Å². The topological polar surface area (TPSA) is 125 Å². The normalized spacial score (nSPS) is 10.7. The Morgan fingerprint density at radius 3 is 2.58 bits per heavy atom. The average Bonchev–Trinajstić information content (AvgIpc) is 2.55. The van der Waals surface area contributed by atoms with E-state index in [1.807, 2.05) is 30.3 Å². The summed E-state index contributed by atoms with van der Waals surface area (Å²) in [6.07, 6.45) is 1.85. The number of nitro groups is 1. The van der Waals surface area contributed by atoms with E-state index < -0.39 is 16.4 Å². The summed E-state index contributed by atoms with van der Waals surface area (Å²) in [7, 11) is 0. The van der Waals surface area contributed by atoms with Crippen molar-refractivity contribution >= 4 is 17.8 Å². The third kappa shape index (κ3) is 4.54. The van der Waals surface area contributed by atoms with Crippen LogP contribution in [0.15, 0.2) is 47.6 Å². The summed E-state index contributed by atoms with van der Waals surface area (Å²) in [5.41, 5.74) is 2.73. The van der Waals surface area contributed by atoms with E-state index in [0.717, 1.165) is 23.9 Å². The zero-order chi connectivity index (χ0) is 17.5. The Hall–Kier alpha value is -3.42. The molecule has 0 aliphatic heterocycles. The summed E-state index contributed by atoms with van der Waals surface area (Å²) < 4.78 is 0. The number of hydrogen-bond donors (Lipinski definition) is 3. The molecule has 0 aliphatic rings. The van der Waals surface area contributed by atoms with Crippen molar-refractivity contribution in [3.05, 3.63) is 63.7 Å². The lowest BCUT2D eigenvalue weighted by Gasteiger charge is -2.02. The quantitative estimate of drug-likeness (QED) is 0.425. The number of benzene rings is 2. The Morgan fingerprint density at radius 2 is 1.92 bits per heavy atom. The number of carbonyl (C=O) groups is 1. The molecule has 1 amide bonds. The number of phenols is 2. The van der Waals surface area contributed by atoms with Crippen molar-refractivity contribution < 1.29 is 19.9 Å². The zero-order valence-corrected chi connectivity index (χ0v) is 12.5. The Kier molecular flexibility index (Phi) is 5.45. The third-order valence-corrected chi connectivity index (χ3v) is 3.20. The van der Waals surface area contributed by atoms with Crippen LogP contribution in [-0.2, 0) is 11.2 Å². The second kappa shape index (κ2) is 7.73. The molecule has 0 saturated heterocycles. The second-order valence-corrected chi connectivity index (χ2v) is 4.94. The summed E-state index contributed by atoms with van der Waals surface area (Å²) in [6.45, 7) is 0. The number of amides is 1. The minimum absolute atomic E-state index is 0.00265. The molecule has 124 valence electrons. The van der Waals surface area contributed by atoms with Gasteiger partial charge in [0.05, 0.1) is 11.1 Å². The molecule has 8 heteroatoms. The molecule has 24 heavy (non-hydrogen) atoms. The van der Waals surface area contributed by atoms with Crippen LogP contribution in [0.5, 0.6) is 11.5 Å². The summed E-state index contributed by atoms with van der Waals surface area (Å²) >= 11 is 0. The van der Waals surface area contributed by atoms with E-state index >= 15 is 0 Å². The van der Waals surface area contributed by atoms with Crippen molar-refractivity contribution in [3.8, 4) is 11.5 Å². The molecule has 0 heterocycles. The van der Waals surface area contributed by atoms with Gasteiger partial charge in [-0.3, -0.25) is 14.9 Å². The number of rotatable bonds is 6. The van der Waals surface area contributed by atoms with Crippen LogP contribution in [0.2, 0.25) is 0 Å². The molecule has 0 saturated carbocycles. The van der Waals surface area contributed by atoms with Crippen molar-refractivity contribution in [1.29, 1.82) is 0 Å². The molecule has 0 aliphatic carbocycles. The van der Waals surface area contributed by atoms with E-state index in [4.69, 9.17) is 0 Å². The number of hydrazone groups is 1. The predicted molar refractivity (Wildman–Crippen MR) is 86.9 cm³/mol. The summed E-state index contributed by atoms with van der Waals surface area (Å²) in [5, 5.41) is 33.4.